The van der Waals surface area contributed by atoms with Crippen LogP contribution in [0.1, 0.15) is 24.0 Å². The summed E-state index contributed by atoms with van der Waals surface area (Å²) in [6.45, 7) is 1.69. The molecular formula is C23H19NO3. The second kappa shape index (κ2) is 6.82. The van der Waals surface area contributed by atoms with Crippen LogP contribution in [-0.2, 0) is 0 Å². The Bertz CT molecular complexity index is 1100. The lowest BCUT2D eigenvalue weighted by Crippen LogP contribution is -2.18. The molecule has 0 radical (unpaired) electrons. The maximum atomic E-state index is 11.6. The van der Waals surface area contributed by atoms with Crippen molar-refractivity contribution in [1.82, 2.24) is 0 Å². The van der Waals surface area contributed by atoms with Crippen LogP contribution in [0.5, 0.6) is 0 Å². The number of aliphatic hydroxyl groups is 1. The van der Waals surface area contributed by atoms with E-state index in [-0.39, 0.29) is 10.6 Å². The highest BCUT2D eigenvalue weighted by atomic mass is 16.6. The van der Waals surface area contributed by atoms with Crippen LogP contribution < -0.4 is 0 Å². The zero-order chi connectivity index (χ0) is 19.0. The second-order valence-electron chi connectivity index (χ2n) is 6.77. The molecule has 0 heterocycles. The lowest BCUT2D eigenvalue weighted by Gasteiger charge is -2.24. The van der Waals surface area contributed by atoms with E-state index < -0.39 is 12.0 Å². The average molecular weight is 357 g/mol. The smallest absolute Gasteiger partial charge is 0.273 e. The Morgan fingerprint density at radius 1 is 0.852 bits per heavy atom. The maximum Gasteiger partial charge on any atom is 0.273 e. The number of rotatable bonds is 4. The molecule has 0 bridgehead atoms. The average Bonchev–Trinajstić information content (AvgIpc) is 2.67. The minimum absolute atomic E-state index is 0.0282. The number of fused-ring (bicyclic) bond motifs is 2. The van der Waals surface area contributed by atoms with Crippen LogP contribution in [-0.4, -0.2) is 16.1 Å². The third-order valence-corrected chi connectivity index (χ3v) is 5.07. The Morgan fingerprint density at radius 3 is 1.93 bits per heavy atom. The van der Waals surface area contributed by atoms with Crippen molar-refractivity contribution in [3.05, 3.63) is 100 Å². The molecule has 0 amide bonds. The third kappa shape index (κ3) is 2.94. The van der Waals surface area contributed by atoms with Crippen molar-refractivity contribution in [1.29, 1.82) is 0 Å². The van der Waals surface area contributed by atoms with Gasteiger partial charge in [0.15, 0.2) is 0 Å². The molecule has 134 valence electrons. The van der Waals surface area contributed by atoms with E-state index in [1.54, 1.807) is 25.1 Å². The first-order chi connectivity index (χ1) is 13.1. The molecule has 0 aromatic heterocycles. The van der Waals surface area contributed by atoms with Gasteiger partial charge in [0.2, 0.25) is 0 Å². The molecule has 0 aliphatic carbocycles. The predicted octanol–water partition coefficient (Wildman–Crippen LogP) is 5.41. The highest BCUT2D eigenvalue weighted by Crippen LogP contribution is 2.41. The van der Waals surface area contributed by atoms with Crippen LogP contribution >= 0.6 is 0 Å². The van der Waals surface area contributed by atoms with E-state index in [9.17, 15) is 15.2 Å². The van der Waals surface area contributed by atoms with Crippen LogP contribution in [0, 0.1) is 10.1 Å². The van der Waals surface area contributed by atoms with Crippen LogP contribution in [0.25, 0.3) is 21.5 Å². The number of nitro benzene ring substituents is 1. The van der Waals surface area contributed by atoms with Gasteiger partial charge in [0, 0.05) is 17.5 Å². The van der Waals surface area contributed by atoms with Crippen LogP contribution in [0.3, 0.4) is 0 Å². The summed E-state index contributed by atoms with van der Waals surface area (Å²) in [7, 11) is 0. The number of nitrogens with zero attached hydrogens (tertiary/aromatic N) is 1. The molecule has 1 N–H and O–H groups in total. The summed E-state index contributed by atoms with van der Waals surface area (Å²) in [4.78, 5) is 11.3. The van der Waals surface area contributed by atoms with Crippen LogP contribution in [0.2, 0.25) is 0 Å². The third-order valence-electron chi connectivity index (χ3n) is 5.07. The molecule has 4 heteroatoms. The van der Waals surface area contributed by atoms with Crippen molar-refractivity contribution in [3.63, 3.8) is 0 Å². The first-order valence-corrected chi connectivity index (χ1v) is 8.89. The molecule has 0 saturated heterocycles. The summed E-state index contributed by atoms with van der Waals surface area (Å²) in [6, 6.07) is 24.8. The Hall–Kier alpha value is -3.24. The van der Waals surface area contributed by atoms with E-state index in [1.807, 2.05) is 48.5 Å². The van der Waals surface area contributed by atoms with E-state index >= 15 is 0 Å². The highest BCUT2D eigenvalue weighted by molar-refractivity contribution is 6.03. The highest BCUT2D eigenvalue weighted by Gasteiger charge is 2.29. The van der Waals surface area contributed by atoms with Crippen molar-refractivity contribution >= 4 is 27.2 Å². The normalized spacial score (nSPS) is 13.6. The van der Waals surface area contributed by atoms with Gasteiger partial charge in [0.05, 0.1) is 11.0 Å². The van der Waals surface area contributed by atoms with E-state index in [2.05, 4.69) is 6.07 Å². The van der Waals surface area contributed by atoms with E-state index in [0.29, 0.717) is 5.56 Å². The van der Waals surface area contributed by atoms with E-state index in [0.717, 1.165) is 27.1 Å². The molecule has 2 atom stereocenters. The van der Waals surface area contributed by atoms with E-state index in [4.69, 9.17) is 0 Å². The summed E-state index contributed by atoms with van der Waals surface area (Å²) in [5.74, 6) is -0.511. The Balaban J connectivity index is 2.13. The van der Waals surface area contributed by atoms with Gasteiger partial charge >= 0.3 is 0 Å². The van der Waals surface area contributed by atoms with Crippen molar-refractivity contribution < 1.29 is 10.0 Å². The number of para-hydroxylation sites is 1. The maximum absolute atomic E-state index is 11.6. The molecular weight excluding hydrogens is 338 g/mol. The largest absolute Gasteiger partial charge is 0.392 e. The van der Waals surface area contributed by atoms with Crippen LogP contribution in [0.15, 0.2) is 78.9 Å². The molecule has 0 aliphatic heterocycles. The molecule has 4 aromatic carbocycles. The Labute approximate surface area is 156 Å². The number of hydrogen-bond acceptors (Lipinski definition) is 3. The summed E-state index contributed by atoms with van der Waals surface area (Å²) in [6.07, 6.45) is -0.791. The zero-order valence-electron chi connectivity index (χ0n) is 14.9. The number of aliphatic hydroxyl groups excluding tert-OH is 1. The first-order valence-electron chi connectivity index (χ1n) is 8.89. The van der Waals surface area contributed by atoms with E-state index in [1.165, 1.54) is 6.07 Å². The molecule has 2 unspecified atom stereocenters. The predicted molar refractivity (Wildman–Crippen MR) is 108 cm³/mol. The van der Waals surface area contributed by atoms with Gasteiger partial charge in [0.25, 0.3) is 5.69 Å². The lowest BCUT2D eigenvalue weighted by atomic mass is 9.81. The molecule has 27 heavy (non-hydrogen) atoms. The van der Waals surface area contributed by atoms with Gasteiger partial charge in [-0.05, 0) is 40.1 Å². The molecule has 0 fully saturated rings. The monoisotopic (exact) mass is 357 g/mol. The fraction of sp³-hybridized carbons (Fsp3) is 0.130. The fourth-order valence-corrected chi connectivity index (χ4v) is 3.96. The minimum Gasteiger partial charge on any atom is -0.392 e. The summed E-state index contributed by atoms with van der Waals surface area (Å²) < 4.78 is 0. The summed E-state index contributed by atoms with van der Waals surface area (Å²) in [5, 5.41) is 26.5. The number of hydrogen-bond donors (Lipinski definition) is 1. The minimum atomic E-state index is -0.791. The van der Waals surface area contributed by atoms with Gasteiger partial charge < -0.3 is 5.11 Å². The van der Waals surface area contributed by atoms with Crippen molar-refractivity contribution in [2.45, 2.75) is 18.9 Å². The van der Waals surface area contributed by atoms with Gasteiger partial charge in [-0.2, -0.15) is 0 Å². The number of benzene rings is 4. The molecule has 4 nitrogen and oxygen atoms in total. The number of nitro groups is 1. The zero-order valence-corrected chi connectivity index (χ0v) is 14.9. The van der Waals surface area contributed by atoms with Crippen molar-refractivity contribution in [3.8, 4) is 0 Å². The first kappa shape index (κ1) is 17.2. The summed E-state index contributed by atoms with van der Waals surface area (Å²) >= 11 is 0. The molecule has 0 saturated carbocycles. The van der Waals surface area contributed by atoms with Gasteiger partial charge in [-0.3, -0.25) is 10.1 Å². The van der Waals surface area contributed by atoms with Gasteiger partial charge in [-0.25, -0.2) is 0 Å². The quantitative estimate of drug-likeness (QED) is 0.301. The topological polar surface area (TPSA) is 63.4 Å². The molecule has 0 aliphatic rings. The van der Waals surface area contributed by atoms with Crippen molar-refractivity contribution in [2.75, 3.05) is 0 Å². The SMILES string of the molecule is CC(O)C(c1ccccc1[N+](=O)[O-])c1c2ccccc2cc2ccccc12. The van der Waals surface area contributed by atoms with Gasteiger partial charge in [-0.1, -0.05) is 66.7 Å². The van der Waals surface area contributed by atoms with Crippen molar-refractivity contribution in [2.24, 2.45) is 0 Å². The summed E-state index contributed by atoms with van der Waals surface area (Å²) in [5.41, 5.74) is 1.48. The Kier molecular flexibility index (Phi) is 4.34. The molecule has 4 aromatic rings. The lowest BCUT2D eigenvalue weighted by molar-refractivity contribution is -0.385. The standard InChI is InChI=1S/C23H19NO3/c1-15(25)22(20-12-6-7-13-21(20)24(26)27)23-18-10-4-2-8-16(18)14-17-9-3-5-11-19(17)23/h2-15,22,25H,1H3. The fourth-order valence-electron chi connectivity index (χ4n) is 3.96. The molecule has 4 rings (SSSR count). The van der Waals surface area contributed by atoms with Gasteiger partial charge in [0.1, 0.15) is 0 Å². The second-order valence-corrected chi connectivity index (χ2v) is 6.77. The Morgan fingerprint density at radius 2 is 1.37 bits per heavy atom. The van der Waals surface area contributed by atoms with Crippen LogP contribution in [0.4, 0.5) is 5.69 Å². The molecule has 0 spiro atoms. The van der Waals surface area contributed by atoms with Gasteiger partial charge in [-0.15, -0.1) is 0 Å².